The molecular formula is C18H26N2O5S. The third-order valence-corrected chi connectivity index (χ3v) is 6.05. The summed E-state index contributed by atoms with van der Waals surface area (Å²) in [5, 5.41) is 0. The van der Waals surface area contributed by atoms with Gasteiger partial charge in [0.05, 0.1) is 18.1 Å². The molecule has 1 atom stereocenters. The number of hydrogen-bond donors (Lipinski definition) is 0. The minimum Gasteiger partial charge on any atom is -0.494 e. The second-order valence-electron chi connectivity index (χ2n) is 5.90. The van der Waals surface area contributed by atoms with Crippen LogP contribution in [0.1, 0.15) is 13.8 Å². The number of benzene rings is 1. The molecule has 0 aromatic heterocycles. The van der Waals surface area contributed by atoms with Crippen molar-refractivity contribution in [2.75, 3.05) is 39.4 Å². The van der Waals surface area contributed by atoms with E-state index in [2.05, 4.69) is 6.58 Å². The van der Waals surface area contributed by atoms with Crippen LogP contribution in [-0.2, 0) is 19.6 Å². The van der Waals surface area contributed by atoms with Gasteiger partial charge in [0.1, 0.15) is 11.9 Å². The highest BCUT2D eigenvalue weighted by molar-refractivity contribution is 7.89. The lowest BCUT2D eigenvalue weighted by molar-refractivity contribution is -0.143. The van der Waals surface area contributed by atoms with E-state index in [4.69, 9.17) is 9.47 Å². The number of amides is 1. The highest BCUT2D eigenvalue weighted by atomic mass is 32.2. The number of hydrogen-bond acceptors (Lipinski definition) is 5. The van der Waals surface area contributed by atoms with Crippen LogP contribution in [0.4, 0.5) is 0 Å². The molecule has 0 aliphatic carbocycles. The van der Waals surface area contributed by atoms with E-state index in [1.165, 1.54) is 4.31 Å². The van der Waals surface area contributed by atoms with E-state index in [1.807, 2.05) is 6.92 Å². The van der Waals surface area contributed by atoms with Crippen LogP contribution >= 0.6 is 0 Å². The van der Waals surface area contributed by atoms with Crippen LogP contribution in [-0.4, -0.2) is 69.0 Å². The molecular weight excluding hydrogens is 356 g/mol. The van der Waals surface area contributed by atoms with Gasteiger partial charge in [-0.05, 0) is 38.1 Å². The number of sulfonamides is 1. The van der Waals surface area contributed by atoms with Crippen molar-refractivity contribution in [3.63, 3.8) is 0 Å². The zero-order valence-corrected chi connectivity index (χ0v) is 16.1. The fourth-order valence-corrected chi connectivity index (χ4v) is 4.14. The second-order valence-corrected chi connectivity index (χ2v) is 7.84. The molecule has 1 saturated heterocycles. The fourth-order valence-electron chi connectivity index (χ4n) is 2.71. The Hall–Kier alpha value is -1.90. The van der Waals surface area contributed by atoms with Gasteiger partial charge in [0, 0.05) is 26.2 Å². The summed E-state index contributed by atoms with van der Waals surface area (Å²) in [6.07, 6.45) is 1.02. The topological polar surface area (TPSA) is 76.2 Å². The van der Waals surface area contributed by atoms with Crippen LogP contribution in [0.3, 0.4) is 0 Å². The zero-order chi connectivity index (χ0) is 19.2. The summed E-state index contributed by atoms with van der Waals surface area (Å²) in [5.41, 5.74) is 0. The molecule has 1 unspecified atom stereocenters. The van der Waals surface area contributed by atoms with Crippen molar-refractivity contribution in [3.8, 4) is 5.75 Å². The first kappa shape index (κ1) is 20.4. The summed E-state index contributed by atoms with van der Waals surface area (Å²) >= 11 is 0. The van der Waals surface area contributed by atoms with Crippen LogP contribution in [0, 0.1) is 0 Å². The predicted molar refractivity (Wildman–Crippen MR) is 98.6 cm³/mol. The maximum atomic E-state index is 12.8. The molecule has 2 rings (SSSR count). The van der Waals surface area contributed by atoms with Crippen molar-refractivity contribution in [2.24, 2.45) is 0 Å². The van der Waals surface area contributed by atoms with E-state index in [-0.39, 0.29) is 23.9 Å². The molecule has 1 fully saturated rings. The van der Waals surface area contributed by atoms with E-state index in [0.717, 1.165) is 0 Å². The SMILES string of the molecule is C=CCOC(C)C(=O)N1CCN(S(=O)(=O)c2ccc(OCC)cc2)CC1. The van der Waals surface area contributed by atoms with E-state index >= 15 is 0 Å². The Morgan fingerprint density at radius 1 is 1.23 bits per heavy atom. The highest BCUT2D eigenvalue weighted by Gasteiger charge is 2.31. The standard InChI is InChI=1S/C18H26N2O5S/c1-4-14-25-15(3)18(21)19-10-12-20(13-11-19)26(22,23)17-8-6-16(7-9-17)24-5-2/h4,6-9,15H,1,5,10-14H2,2-3H3. The smallest absolute Gasteiger partial charge is 0.251 e. The molecule has 1 amide bonds. The lowest BCUT2D eigenvalue weighted by Crippen LogP contribution is -2.52. The van der Waals surface area contributed by atoms with Crippen molar-refractivity contribution in [1.29, 1.82) is 0 Å². The monoisotopic (exact) mass is 382 g/mol. The van der Waals surface area contributed by atoms with Crippen molar-refractivity contribution in [1.82, 2.24) is 9.21 Å². The van der Waals surface area contributed by atoms with Gasteiger partial charge < -0.3 is 14.4 Å². The Morgan fingerprint density at radius 2 is 1.85 bits per heavy atom. The summed E-state index contributed by atoms with van der Waals surface area (Å²) in [4.78, 5) is 14.2. The minimum absolute atomic E-state index is 0.134. The molecule has 1 aliphatic heterocycles. The van der Waals surface area contributed by atoms with Crippen molar-refractivity contribution in [2.45, 2.75) is 24.8 Å². The first-order chi connectivity index (χ1) is 12.4. The van der Waals surface area contributed by atoms with Crippen molar-refractivity contribution in [3.05, 3.63) is 36.9 Å². The molecule has 0 radical (unpaired) electrons. The van der Waals surface area contributed by atoms with Gasteiger partial charge in [0.25, 0.3) is 5.91 Å². The average molecular weight is 382 g/mol. The van der Waals surface area contributed by atoms with Gasteiger partial charge in [-0.3, -0.25) is 4.79 Å². The maximum Gasteiger partial charge on any atom is 0.251 e. The maximum absolute atomic E-state index is 12.8. The largest absolute Gasteiger partial charge is 0.494 e. The zero-order valence-electron chi connectivity index (χ0n) is 15.3. The normalized spacial score (nSPS) is 16.9. The Kier molecular flexibility index (Phi) is 7.19. The minimum atomic E-state index is -3.58. The van der Waals surface area contributed by atoms with E-state index in [0.29, 0.717) is 32.1 Å². The molecule has 26 heavy (non-hydrogen) atoms. The number of ether oxygens (including phenoxy) is 2. The molecule has 7 nitrogen and oxygen atoms in total. The number of piperazine rings is 1. The fraction of sp³-hybridized carbons (Fsp3) is 0.500. The third kappa shape index (κ3) is 4.84. The first-order valence-corrected chi connectivity index (χ1v) is 10.1. The van der Waals surface area contributed by atoms with Crippen LogP contribution in [0.5, 0.6) is 5.75 Å². The van der Waals surface area contributed by atoms with Gasteiger partial charge in [-0.2, -0.15) is 4.31 Å². The summed E-state index contributed by atoms with van der Waals surface area (Å²) in [6, 6.07) is 6.38. The molecule has 1 heterocycles. The molecule has 0 N–H and O–H groups in total. The first-order valence-electron chi connectivity index (χ1n) is 8.64. The number of carbonyl (C=O) groups is 1. The van der Waals surface area contributed by atoms with E-state index in [1.54, 1.807) is 42.2 Å². The van der Waals surface area contributed by atoms with Crippen LogP contribution in [0.25, 0.3) is 0 Å². The van der Waals surface area contributed by atoms with Gasteiger partial charge in [-0.1, -0.05) is 6.08 Å². The summed E-state index contributed by atoms with van der Waals surface area (Å²) in [6.45, 7) is 9.15. The number of carbonyl (C=O) groups excluding carboxylic acids is 1. The molecule has 1 aliphatic rings. The quantitative estimate of drug-likeness (QED) is 0.637. The Balaban J connectivity index is 1.97. The average Bonchev–Trinajstić information content (AvgIpc) is 2.66. The Labute approximate surface area is 155 Å². The van der Waals surface area contributed by atoms with Crippen LogP contribution in [0.15, 0.2) is 41.8 Å². The number of nitrogens with zero attached hydrogens (tertiary/aromatic N) is 2. The molecule has 144 valence electrons. The molecule has 0 spiro atoms. The molecule has 0 saturated carbocycles. The van der Waals surface area contributed by atoms with Crippen molar-refractivity contribution >= 4 is 15.9 Å². The lowest BCUT2D eigenvalue weighted by Gasteiger charge is -2.35. The summed E-state index contributed by atoms with van der Waals surface area (Å²) in [7, 11) is -3.58. The number of rotatable bonds is 8. The van der Waals surface area contributed by atoms with E-state index in [9.17, 15) is 13.2 Å². The van der Waals surface area contributed by atoms with Gasteiger partial charge in [-0.15, -0.1) is 6.58 Å². The predicted octanol–water partition coefficient (Wildman–Crippen LogP) is 1.51. The van der Waals surface area contributed by atoms with E-state index < -0.39 is 16.1 Å². The third-order valence-electron chi connectivity index (χ3n) is 4.13. The molecule has 8 heteroatoms. The van der Waals surface area contributed by atoms with Crippen molar-refractivity contribution < 1.29 is 22.7 Å². The summed E-state index contributed by atoms with van der Waals surface area (Å²) in [5.74, 6) is 0.500. The van der Waals surface area contributed by atoms with Crippen LogP contribution in [0.2, 0.25) is 0 Å². The van der Waals surface area contributed by atoms with Gasteiger partial charge in [0.2, 0.25) is 10.0 Å². The Bertz CT molecular complexity index is 710. The van der Waals surface area contributed by atoms with Crippen LogP contribution < -0.4 is 4.74 Å². The van der Waals surface area contributed by atoms with Gasteiger partial charge in [0.15, 0.2) is 0 Å². The molecule has 1 aromatic rings. The second kappa shape index (κ2) is 9.16. The highest BCUT2D eigenvalue weighted by Crippen LogP contribution is 2.21. The van der Waals surface area contributed by atoms with Gasteiger partial charge >= 0.3 is 0 Å². The summed E-state index contributed by atoms with van der Waals surface area (Å²) < 4.78 is 37.6. The Morgan fingerprint density at radius 3 is 2.38 bits per heavy atom. The lowest BCUT2D eigenvalue weighted by atomic mass is 10.3. The van der Waals surface area contributed by atoms with Gasteiger partial charge in [-0.25, -0.2) is 8.42 Å². The molecule has 1 aromatic carbocycles. The molecule has 0 bridgehead atoms.